The molecule has 1 aliphatic carbocycles. The highest BCUT2D eigenvalue weighted by Crippen LogP contribution is 2.35. The minimum Gasteiger partial charge on any atom is -0.439 e. The molecule has 1 atom stereocenters. The molecule has 1 aromatic heterocycles. The Morgan fingerprint density at radius 3 is 2.30 bits per heavy atom. The van der Waals surface area contributed by atoms with Crippen molar-refractivity contribution in [2.24, 2.45) is 5.92 Å². The fourth-order valence-corrected chi connectivity index (χ4v) is 4.83. The van der Waals surface area contributed by atoms with Crippen molar-refractivity contribution in [2.75, 3.05) is 13.1 Å². The molecule has 0 saturated heterocycles. The van der Waals surface area contributed by atoms with Gasteiger partial charge in [0.05, 0.1) is 23.0 Å². The molecule has 1 aliphatic rings. The Morgan fingerprint density at radius 2 is 1.65 bits per heavy atom. The van der Waals surface area contributed by atoms with Crippen LogP contribution >= 0.6 is 0 Å². The average Bonchev–Trinajstić information content (AvgIpc) is 3.67. The first-order valence-corrected chi connectivity index (χ1v) is 13.4. The summed E-state index contributed by atoms with van der Waals surface area (Å²) in [6.07, 6.45) is 3.56. The number of ether oxygens (including phenoxy) is 1. The van der Waals surface area contributed by atoms with Gasteiger partial charge in [-0.1, -0.05) is 73.2 Å². The van der Waals surface area contributed by atoms with Crippen molar-refractivity contribution in [1.29, 1.82) is 0 Å². The minimum absolute atomic E-state index is 0.433. The molecular weight excluding hydrogens is 458 g/mol. The van der Waals surface area contributed by atoms with E-state index in [1.807, 2.05) is 53.2 Å². The molecule has 192 valence electrons. The molecule has 0 spiro atoms. The van der Waals surface area contributed by atoms with Gasteiger partial charge in [0.1, 0.15) is 5.75 Å². The maximum Gasteiger partial charge on any atom is 0.227 e. The van der Waals surface area contributed by atoms with E-state index in [0.29, 0.717) is 25.4 Å². The van der Waals surface area contributed by atoms with Crippen molar-refractivity contribution in [3.05, 3.63) is 107 Å². The van der Waals surface area contributed by atoms with Crippen LogP contribution in [0.5, 0.6) is 11.6 Å². The van der Waals surface area contributed by atoms with Crippen LogP contribution in [-0.2, 0) is 19.4 Å². The fourth-order valence-electron chi connectivity index (χ4n) is 4.83. The van der Waals surface area contributed by atoms with Gasteiger partial charge >= 0.3 is 0 Å². The lowest BCUT2D eigenvalue weighted by molar-refractivity contribution is 0.105. The van der Waals surface area contributed by atoms with Gasteiger partial charge in [0.25, 0.3) is 0 Å². The summed E-state index contributed by atoms with van der Waals surface area (Å²) < 4.78 is 8.50. The second-order valence-electron chi connectivity index (χ2n) is 10.2. The molecule has 4 aromatic rings. The van der Waals surface area contributed by atoms with E-state index in [2.05, 4.69) is 55.1 Å². The number of aryl methyl sites for hydroxylation is 2. The van der Waals surface area contributed by atoms with Gasteiger partial charge in [0, 0.05) is 19.6 Å². The van der Waals surface area contributed by atoms with E-state index >= 15 is 0 Å². The summed E-state index contributed by atoms with van der Waals surface area (Å²) in [7, 11) is 0. The number of hydrogen-bond acceptors (Lipinski definition) is 4. The van der Waals surface area contributed by atoms with Crippen LogP contribution in [0.25, 0.3) is 5.69 Å². The van der Waals surface area contributed by atoms with Crippen molar-refractivity contribution in [3.8, 4) is 17.3 Å². The zero-order valence-electron chi connectivity index (χ0n) is 21.9. The fraction of sp³-hybridized carbons (Fsp3) is 0.344. The quantitative estimate of drug-likeness (QED) is 0.249. The predicted octanol–water partition coefficient (Wildman–Crippen LogP) is 6.35. The van der Waals surface area contributed by atoms with E-state index in [9.17, 15) is 5.11 Å². The lowest BCUT2D eigenvalue weighted by Gasteiger charge is -2.26. The normalized spacial score (nSPS) is 14.2. The SMILES string of the molecule is CCc1nn(-c2ccccc2)c(Oc2ccc(C)cc2)c1CN(CC(O)Cc1ccccc1)CC1CC1. The summed E-state index contributed by atoms with van der Waals surface area (Å²) >= 11 is 0. The van der Waals surface area contributed by atoms with E-state index in [4.69, 9.17) is 9.84 Å². The third kappa shape index (κ3) is 6.68. The number of benzene rings is 3. The number of hydrogen-bond donors (Lipinski definition) is 1. The Hall–Kier alpha value is -3.41. The molecule has 5 nitrogen and oxygen atoms in total. The third-order valence-electron chi connectivity index (χ3n) is 6.97. The highest BCUT2D eigenvalue weighted by molar-refractivity contribution is 5.44. The van der Waals surface area contributed by atoms with Gasteiger partial charge in [0.2, 0.25) is 5.88 Å². The molecule has 1 heterocycles. The van der Waals surface area contributed by atoms with Crippen LogP contribution in [0.4, 0.5) is 0 Å². The van der Waals surface area contributed by atoms with Gasteiger partial charge in [-0.05, 0) is 68.4 Å². The standard InChI is InChI=1S/C32H37N3O2/c1-3-31-30(23-34(21-26-16-17-26)22-28(36)20-25-10-6-4-7-11-25)32(37-29-18-14-24(2)15-19-29)35(33-31)27-12-8-5-9-13-27/h4-15,18-19,26,28,36H,3,16-17,20-23H2,1-2H3. The maximum absolute atomic E-state index is 11.0. The molecule has 3 aromatic carbocycles. The maximum atomic E-state index is 11.0. The first-order chi connectivity index (χ1) is 18.1. The summed E-state index contributed by atoms with van der Waals surface area (Å²) in [6.45, 7) is 6.52. The molecule has 5 heteroatoms. The highest BCUT2D eigenvalue weighted by Gasteiger charge is 2.28. The molecule has 0 radical (unpaired) electrons. The second-order valence-corrected chi connectivity index (χ2v) is 10.2. The Morgan fingerprint density at radius 1 is 0.973 bits per heavy atom. The molecule has 1 saturated carbocycles. The van der Waals surface area contributed by atoms with Crippen LogP contribution in [0.3, 0.4) is 0 Å². The topological polar surface area (TPSA) is 50.5 Å². The number of aliphatic hydroxyl groups is 1. The Bertz CT molecular complexity index is 1260. The van der Waals surface area contributed by atoms with E-state index in [-0.39, 0.29) is 0 Å². The van der Waals surface area contributed by atoms with Crippen LogP contribution in [0.1, 0.15) is 42.1 Å². The van der Waals surface area contributed by atoms with Crippen molar-refractivity contribution >= 4 is 0 Å². The number of rotatable bonds is 12. The predicted molar refractivity (Wildman–Crippen MR) is 148 cm³/mol. The van der Waals surface area contributed by atoms with Crippen LogP contribution in [0.15, 0.2) is 84.9 Å². The van der Waals surface area contributed by atoms with Crippen molar-refractivity contribution in [3.63, 3.8) is 0 Å². The third-order valence-corrected chi connectivity index (χ3v) is 6.97. The molecule has 37 heavy (non-hydrogen) atoms. The number of nitrogens with zero attached hydrogens (tertiary/aromatic N) is 3. The van der Waals surface area contributed by atoms with Crippen molar-refractivity contribution in [2.45, 2.75) is 52.2 Å². The molecule has 5 rings (SSSR count). The second kappa shape index (κ2) is 11.8. The Balaban J connectivity index is 1.46. The van der Waals surface area contributed by atoms with Gasteiger partial charge in [-0.2, -0.15) is 5.10 Å². The lowest BCUT2D eigenvalue weighted by atomic mass is 10.1. The molecule has 0 bridgehead atoms. The summed E-state index contributed by atoms with van der Waals surface area (Å²) in [5.74, 6) is 2.26. The van der Waals surface area contributed by atoms with Gasteiger partial charge in [-0.15, -0.1) is 0 Å². The van der Waals surface area contributed by atoms with Crippen LogP contribution in [0, 0.1) is 12.8 Å². The number of para-hydroxylation sites is 1. The molecular formula is C32H37N3O2. The largest absolute Gasteiger partial charge is 0.439 e. The monoisotopic (exact) mass is 495 g/mol. The van der Waals surface area contributed by atoms with Crippen LogP contribution in [-0.4, -0.2) is 39.0 Å². The van der Waals surface area contributed by atoms with Crippen molar-refractivity contribution < 1.29 is 9.84 Å². The highest BCUT2D eigenvalue weighted by atomic mass is 16.5. The zero-order chi connectivity index (χ0) is 25.6. The lowest BCUT2D eigenvalue weighted by Crippen LogP contribution is -2.35. The van der Waals surface area contributed by atoms with Gasteiger partial charge in [0.15, 0.2) is 0 Å². The Labute approximate surface area is 220 Å². The van der Waals surface area contributed by atoms with E-state index < -0.39 is 6.10 Å². The number of aromatic nitrogens is 2. The van der Waals surface area contributed by atoms with Gasteiger partial charge in [-0.25, -0.2) is 4.68 Å². The van der Waals surface area contributed by atoms with Crippen LogP contribution in [0.2, 0.25) is 0 Å². The van der Waals surface area contributed by atoms with E-state index in [1.165, 1.54) is 18.4 Å². The first kappa shape index (κ1) is 25.2. The summed E-state index contributed by atoms with van der Waals surface area (Å²) in [5, 5.41) is 16.0. The zero-order valence-corrected chi connectivity index (χ0v) is 21.9. The smallest absolute Gasteiger partial charge is 0.227 e. The first-order valence-electron chi connectivity index (χ1n) is 13.4. The average molecular weight is 496 g/mol. The van der Waals surface area contributed by atoms with Crippen molar-refractivity contribution in [1.82, 2.24) is 14.7 Å². The summed E-state index contributed by atoms with van der Waals surface area (Å²) in [4.78, 5) is 2.40. The van der Waals surface area contributed by atoms with Gasteiger partial charge < -0.3 is 9.84 Å². The molecule has 1 fully saturated rings. The molecule has 1 unspecified atom stereocenters. The minimum atomic E-state index is -0.433. The molecule has 0 amide bonds. The Kier molecular flexibility index (Phi) is 8.02. The summed E-state index contributed by atoms with van der Waals surface area (Å²) in [5.41, 5.74) is 5.46. The van der Waals surface area contributed by atoms with Gasteiger partial charge in [-0.3, -0.25) is 4.90 Å². The van der Waals surface area contributed by atoms with E-state index in [0.717, 1.165) is 47.1 Å². The van der Waals surface area contributed by atoms with E-state index in [1.54, 1.807) is 0 Å². The summed E-state index contributed by atoms with van der Waals surface area (Å²) in [6, 6.07) is 28.6. The van der Waals surface area contributed by atoms with Crippen LogP contribution < -0.4 is 4.74 Å². The molecule has 1 N–H and O–H groups in total. The molecule has 0 aliphatic heterocycles. The number of aliphatic hydroxyl groups excluding tert-OH is 1.